The predicted molar refractivity (Wildman–Crippen MR) is 246 cm³/mol. The van der Waals surface area contributed by atoms with Crippen molar-refractivity contribution in [1.82, 2.24) is 31.0 Å². The topological polar surface area (TPSA) is 235 Å². The molecular weight excluding hydrogens is 889 g/mol. The number of ketones is 1. The molecule has 0 radical (unpaired) electrons. The van der Waals surface area contributed by atoms with Crippen LogP contribution in [0.15, 0.2) is 89.8 Å². The van der Waals surface area contributed by atoms with Gasteiger partial charge in [-0.3, -0.25) is 14.4 Å². The summed E-state index contributed by atoms with van der Waals surface area (Å²) in [4.78, 5) is 37.6. The Kier molecular flexibility index (Phi) is 25.5. The molecule has 67 heavy (non-hydrogen) atoms. The maximum absolute atomic E-state index is 12.8. The van der Waals surface area contributed by atoms with Crippen LogP contribution in [-0.2, 0) is 59.1 Å². The van der Waals surface area contributed by atoms with E-state index in [4.69, 9.17) is 37.9 Å². The highest BCUT2D eigenvalue weighted by molar-refractivity contribution is 7.91. The quantitative estimate of drug-likeness (QED) is 0.0378. The molecule has 3 aromatic carbocycles. The van der Waals surface area contributed by atoms with Crippen molar-refractivity contribution in [2.24, 2.45) is 0 Å². The van der Waals surface area contributed by atoms with Gasteiger partial charge in [0.2, 0.25) is 11.7 Å². The van der Waals surface area contributed by atoms with Crippen LogP contribution in [0.5, 0.6) is 0 Å². The molecule has 2 amide bonds. The molecule has 4 rings (SSSR count). The number of benzene rings is 3. The number of carbonyl (C=O) groups is 3. The molecule has 0 aliphatic rings. The summed E-state index contributed by atoms with van der Waals surface area (Å²) < 4.78 is 69.4. The van der Waals surface area contributed by atoms with Crippen LogP contribution in [-0.4, -0.2) is 164 Å². The Morgan fingerprint density at radius 2 is 0.985 bits per heavy atom. The number of rotatable bonds is 36. The Balaban J connectivity index is 0.837. The van der Waals surface area contributed by atoms with Gasteiger partial charge in [0, 0.05) is 41.8 Å². The lowest BCUT2D eigenvalue weighted by Crippen LogP contribution is -2.27. The molecule has 20 heteroatoms. The third-order valence-corrected chi connectivity index (χ3v) is 11.1. The van der Waals surface area contributed by atoms with Gasteiger partial charge in [-0.05, 0) is 43.7 Å². The van der Waals surface area contributed by atoms with E-state index in [9.17, 15) is 22.8 Å². The summed E-state index contributed by atoms with van der Waals surface area (Å²) in [5.74, 6) is -0.487. The third kappa shape index (κ3) is 22.3. The van der Waals surface area contributed by atoms with E-state index >= 15 is 0 Å². The van der Waals surface area contributed by atoms with E-state index in [1.54, 1.807) is 19.1 Å². The first kappa shape index (κ1) is 54.2. The fourth-order valence-corrected chi connectivity index (χ4v) is 7.01. The fourth-order valence-electron chi connectivity index (χ4n) is 5.70. The normalized spacial score (nSPS) is 11.4. The number of nitrogens with one attached hydrogen (secondary N) is 2. The molecule has 364 valence electrons. The first-order valence-electron chi connectivity index (χ1n) is 21.9. The minimum atomic E-state index is -3.72. The summed E-state index contributed by atoms with van der Waals surface area (Å²) in [6.07, 6.45) is 0.252. The van der Waals surface area contributed by atoms with Crippen molar-refractivity contribution in [2.75, 3.05) is 118 Å². The molecule has 0 bridgehead atoms. The predicted octanol–water partition coefficient (Wildman–Crippen LogP) is 3.33. The molecule has 0 aliphatic heterocycles. The number of aromatic nitrogens is 4. The summed E-state index contributed by atoms with van der Waals surface area (Å²) in [5, 5.41) is 21.5. The Labute approximate surface area is 392 Å². The van der Waals surface area contributed by atoms with Gasteiger partial charge in [0.1, 0.15) is 0 Å². The van der Waals surface area contributed by atoms with Gasteiger partial charge in [-0.2, -0.15) is 0 Å². The Morgan fingerprint density at radius 1 is 0.537 bits per heavy atom. The molecule has 1 heterocycles. The number of hydrogen-bond acceptors (Lipinski definition) is 17. The summed E-state index contributed by atoms with van der Waals surface area (Å²) in [6, 6.07) is 19.9. The van der Waals surface area contributed by atoms with E-state index in [0.29, 0.717) is 123 Å². The lowest BCUT2D eigenvalue weighted by molar-refractivity contribution is -0.122. The smallest absolute Gasteiger partial charge is 0.251 e. The number of carbonyl (C=O) groups excluding carboxylic acids is 3. The van der Waals surface area contributed by atoms with Crippen molar-refractivity contribution >= 4 is 27.4 Å². The average Bonchev–Trinajstić information content (AvgIpc) is 3.33. The maximum Gasteiger partial charge on any atom is 0.251 e. The van der Waals surface area contributed by atoms with Gasteiger partial charge < -0.3 is 48.5 Å². The Bertz CT molecular complexity index is 2180. The molecule has 0 fully saturated rings. The second-order valence-corrected chi connectivity index (χ2v) is 16.7. The van der Waals surface area contributed by atoms with E-state index < -0.39 is 21.4 Å². The zero-order valence-electron chi connectivity index (χ0n) is 38.3. The number of ether oxygens (including phenoxy) is 8. The number of amides is 2. The molecule has 19 nitrogen and oxygen atoms in total. The van der Waals surface area contributed by atoms with Crippen LogP contribution in [0.4, 0.5) is 0 Å². The van der Waals surface area contributed by atoms with E-state index in [-0.39, 0.29) is 47.4 Å². The minimum absolute atomic E-state index is 0.0594. The number of Topliss-reactive ketones (excluding diaryl/α,β-unsaturated/α-hetero) is 1. The van der Waals surface area contributed by atoms with Crippen molar-refractivity contribution < 1.29 is 60.7 Å². The second-order valence-electron chi connectivity index (χ2n) is 14.7. The van der Waals surface area contributed by atoms with Gasteiger partial charge in [0.15, 0.2) is 21.4 Å². The number of hydrogen-bond donors (Lipinski definition) is 2. The molecular formula is C47H62N6O13S. The van der Waals surface area contributed by atoms with Crippen molar-refractivity contribution in [3.8, 4) is 11.4 Å². The van der Waals surface area contributed by atoms with E-state index in [2.05, 4.69) is 37.6 Å². The van der Waals surface area contributed by atoms with Crippen LogP contribution < -0.4 is 10.6 Å². The highest BCUT2D eigenvalue weighted by Gasteiger charge is 2.21. The molecule has 0 spiro atoms. The van der Waals surface area contributed by atoms with Crippen LogP contribution >= 0.6 is 0 Å². The van der Waals surface area contributed by atoms with Crippen LogP contribution in [0.1, 0.15) is 44.1 Å². The number of sulfone groups is 1. The van der Waals surface area contributed by atoms with Crippen molar-refractivity contribution in [1.29, 1.82) is 0 Å². The summed E-state index contributed by atoms with van der Waals surface area (Å²) in [7, 11) is -3.72. The van der Waals surface area contributed by atoms with Crippen LogP contribution in [0.2, 0.25) is 0 Å². The third-order valence-electron chi connectivity index (χ3n) is 9.36. The summed E-state index contributed by atoms with van der Waals surface area (Å²) in [6.45, 7) is 14.3. The van der Waals surface area contributed by atoms with Gasteiger partial charge in [-0.25, -0.2) is 8.42 Å². The van der Waals surface area contributed by atoms with E-state index in [1.165, 1.54) is 36.4 Å². The van der Waals surface area contributed by atoms with Crippen LogP contribution in [0.3, 0.4) is 0 Å². The molecule has 2 N–H and O–H groups in total. The van der Waals surface area contributed by atoms with Gasteiger partial charge in [0.05, 0.1) is 116 Å². The molecule has 1 aromatic heterocycles. The molecule has 0 unspecified atom stereocenters. The standard InChI is InChI=1S/C47H62N6O13S/c1-36-4-14-43(15-5-36)67(57,58)35-37(2)45(55)40-10-12-42(13-11-40)47(56)48-17-19-60-21-23-62-25-27-64-29-31-66-33-32-65-30-28-63-26-24-61-22-20-59-18-16-44(54)49-34-39-6-8-41(9-7-39)46-52-50-38(3)51-53-46/h4-15H,2,16-35H2,1,3H3,(H,48,56)(H,49,54). The first-order chi connectivity index (χ1) is 32.5. The SMILES string of the molecule is C=C(CS(=O)(=O)c1ccc(C)cc1)C(=O)c1ccc(C(=O)NCCOCCOCCOCCOCCOCCOCCOCCOCCC(=O)NCc2ccc(-c3nnc(C)nn3)cc2)cc1. The second kappa shape index (κ2) is 31.5. The highest BCUT2D eigenvalue weighted by atomic mass is 32.2. The first-order valence-corrected chi connectivity index (χ1v) is 23.6. The number of aryl methyl sites for hydroxylation is 2. The Morgan fingerprint density at radius 3 is 1.48 bits per heavy atom. The molecule has 0 saturated heterocycles. The molecule has 4 aromatic rings. The lowest BCUT2D eigenvalue weighted by Gasteiger charge is -2.09. The van der Waals surface area contributed by atoms with Crippen LogP contribution in [0.25, 0.3) is 11.4 Å². The zero-order chi connectivity index (χ0) is 48.0. The monoisotopic (exact) mass is 950 g/mol. The van der Waals surface area contributed by atoms with Crippen molar-refractivity contribution in [3.63, 3.8) is 0 Å². The minimum Gasteiger partial charge on any atom is -0.379 e. The fraction of sp³-hybridized carbons (Fsp3) is 0.468. The molecule has 0 aliphatic carbocycles. The average molecular weight is 951 g/mol. The van der Waals surface area contributed by atoms with Crippen molar-refractivity contribution in [2.45, 2.75) is 31.7 Å². The summed E-state index contributed by atoms with van der Waals surface area (Å²) >= 11 is 0. The highest BCUT2D eigenvalue weighted by Crippen LogP contribution is 2.18. The van der Waals surface area contributed by atoms with E-state index in [0.717, 1.165) is 16.7 Å². The van der Waals surface area contributed by atoms with Gasteiger partial charge >= 0.3 is 0 Å². The maximum atomic E-state index is 12.8. The molecule has 0 atom stereocenters. The van der Waals surface area contributed by atoms with Gasteiger partial charge in [-0.15, -0.1) is 20.4 Å². The largest absolute Gasteiger partial charge is 0.379 e. The summed E-state index contributed by atoms with van der Waals surface area (Å²) in [5.41, 5.74) is 3.20. The van der Waals surface area contributed by atoms with Crippen molar-refractivity contribution in [3.05, 3.63) is 113 Å². The van der Waals surface area contributed by atoms with Gasteiger partial charge in [-0.1, -0.05) is 60.7 Å². The number of nitrogens with zero attached hydrogens (tertiary/aromatic N) is 4. The van der Waals surface area contributed by atoms with E-state index in [1.807, 2.05) is 31.2 Å². The van der Waals surface area contributed by atoms with Gasteiger partial charge in [0.25, 0.3) is 5.91 Å². The zero-order valence-corrected chi connectivity index (χ0v) is 39.1. The van der Waals surface area contributed by atoms with Crippen LogP contribution in [0, 0.1) is 13.8 Å². The molecule has 0 saturated carbocycles. The lowest BCUT2D eigenvalue weighted by atomic mass is 10.0. The Hall–Kier alpha value is -5.42.